The topological polar surface area (TPSA) is 63.4 Å². The molecule has 0 aliphatic carbocycles. The zero-order valence-corrected chi connectivity index (χ0v) is 10.4. The molecule has 88 valence electrons. The van der Waals surface area contributed by atoms with E-state index in [-0.39, 0.29) is 21.9 Å². The fourth-order valence-corrected chi connectivity index (χ4v) is 2.28. The number of halogens is 1. The van der Waals surface area contributed by atoms with Crippen molar-refractivity contribution >= 4 is 17.3 Å². The summed E-state index contributed by atoms with van der Waals surface area (Å²) in [5.41, 5.74) is 0.651. The van der Waals surface area contributed by atoms with Gasteiger partial charge in [-0.05, 0) is 17.9 Å². The summed E-state index contributed by atoms with van der Waals surface area (Å²) in [7, 11) is 0. The second kappa shape index (κ2) is 3.94. The number of rotatable bonds is 1. The average molecular weight is 244 g/mol. The van der Waals surface area contributed by atoms with Crippen LogP contribution in [0.15, 0.2) is 6.07 Å². The molecule has 1 aromatic carbocycles. The molecule has 16 heavy (non-hydrogen) atoms. The third-order valence-electron chi connectivity index (χ3n) is 2.42. The van der Waals surface area contributed by atoms with E-state index >= 15 is 0 Å². The van der Waals surface area contributed by atoms with Gasteiger partial charge in [0.05, 0.1) is 16.0 Å². The maximum absolute atomic E-state index is 10.8. The van der Waals surface area contributed by atoms with Gasteiger partial charge >= 0.3 is 0 Å². The molecule has 0 aliphatic heterocycles. The smallest absolute Gasteiger partial charge is 0.276 e. The highest BCUT2D eigenvalue weighted by atomic mass is 35.5. The second-order valence-corrected chi connectivity index (χ2v) is 5.11. The van der Waals surface area contributed by atoms with Crippen LogP contribution in [0.1, 0.15) is 31.9 Å². The summed E-state index contributed by atoms with van der Waals surface area (Å²) < 4.78 is 0. The van der Waals surface area contributed by atoms with Gasteiger partial charge in [0.2, 0.25) is 0 Å². The number of nitro benzene ring substituents is 1. The van der Waals surface area contributed by atoms with E-state index in [0.717, 1.165) is 6.07 Å². The van der Waals surface area contributed by atoms with Crippen molar-refractivity contribution in [2.45, 2.75) is 33.1 Å². The molecule has 0 amide bonds. The number of hydrogen-bond acceptors (Lipinski definition) is 3. The lowest BCUT2D eigenvalue weighted by molar-refractivity contribution is -0.385. The number of phenolic OH excluding ortho intramolecular Hbond substituents is 1. The van der Waals surface area contributed by atoms with E-state index in [1.54, 1.807) is 6.92 Å². The Labute approximate surface area is 99.0 Å². The van der Waals surface area contributed by atoms with Crippen molar-refractivity contribution in [1.29, 1.82) is 0 Å². The third-order valence-corrected chi connectivity index (χ3v) is 2.81. The van der Waals surface area contributed by atoms with E-state index in [4.69, 9.17) is 11.6 Å². The van der Waals surface area contributed by atoms with Gasteiger partial charge in [-0.1, -0.05) is 32.4 Å². The minimum atomic E-state index is -0.513. The van der Waals surface area contributed by atoms with Crippen LogP contribution in [0.2, 0.25) is 5.02 Å². The molecule has 4 nitrogen and oxygen atoms in total. The first kappa shape index (κ1) is 12.8. The van der Waals surface area contributed by atoms with Crippen LogP contribution in [0, 0.1) is 17.0 Å². The fraction of sp³-hybridized carbons (Fsp3) is 0.455. The summed E-state index contributed by atoms with van der Waals surface area (Å²) in [6.07, 6.45) is 0. The molecule has 1 aromatic rings. The number of nitro groups is 1. The summed E-state index contributed by atoms with van der Waals surface area (Å²) in [5.74, 6) is -0.246. The van der Waals surface area contributed by atoms with Gasteiger partial charge in [-0.2, -0.15) is 0 Å². The Hall–Kier alpha value is -1.29. The second-order valence-electron chi connectivity index (χ2n) is 4.74. The van der Waals surface area contributed by atoms with Gasteiger partial charge < -0.3 is 5.11 Å². The molecule has 0 aromatic heterocycles. The number of phenols is 1. The van der Waals surface area contributed by atoms with Gasteiger partial charge in [-0.3, -0.25) is 10.1 Å². The Morgan fingerprint density at radius 2 is 1.94 bits per heavy atom. The van der Waals surface area contributed by atoms with Crippen LogP contribution < -0.4 is 0 Å². The summed E-state index contributed by atoms with van der Waals surface area (Å²) >= 11 is 5.99. The number of hydrogen-bond donors (Lipinski definition) is 1. The summed E-state index contributed by atoms with van der Waals surface area (Å²) in [5, 5.41) is 20.6. The van der Waals surface area contributed by atoms with Crippen LogP contribution in [0.25, 0.3) is 0 Å². The molecule has 0 fully saturated rings. The highest BCUT2D eigenvalue weighted by molar-refractivity contribution is 6.33. The van der Waals surface area contributed by atoms with E-state index in [9.17, 15) is 15.2 Å². The molecule has 0 bridgehead atoms. The monoisotopic (exact) mass is 243 g/mol. The van der Waals surface area contributed by atoms with Crippen LogP contribution in [-0.4, -0.2) is 10.0 Å². The molecule has 5 heteroatoms. The minimum absolute atomic E-state index is 0.105. The largest absolute Gasteiger partial charge is 0.506 e. The summed E-state index contributed by atoms with van der Waals surface area (Å²) in [4.78, 5) is 10.3. The van der Waals surface area contributed by atoms with E-state index in [1.165, 1.54) is 0 Å². The first-order valence-electron chi connectivity index (χ1n) is 4.83. The molecule has 1 N–H and O–H groups in total. The highest BCUT2D eigenvalue weighted by Gasteiger charge is 2.27. The predicted molar refractivity (Wildman–Crippen MR) is 63.2 cm³/mol. The quantitative estimate of drug-likeness (QED) is 0.606. The van der Waals surface area contributed by atoms with Crippen molar-refractivity contribution in [3.8, 4) is 5.75 Å². The average Bonchev–Trinajstić information content (AvgIpc) is 2.08. The van der Waals surface area contributed by atoms with Gasteiger partial charge in [-0.15, -0.1) is 0 Å². The Kier molecular flexibility index (Phi) is 3.15. The Balaban J connectivity index is 3.66. The van der Waals surface area contributed by atoms with Gasteiger partial charge in [0.15, 0.2) is 0 Å². The molecular formula is C11H14ClNO3. The molecule has 0 saturated heterocycles. The predicted octanol–water partition coefficient (Wildman–Crippen LogP) is 3.56. The minimum Gasteiger partial charge on any atom is -0.506 e. The van der Waals surface area contributed by atoms with E-state index in [0.29, 0.717) is 11.1 Å². The fourth-order valence-electron chi connectivity index (χ4n) is 1.80. The zero-order valence-electron chi connectivity index (χ0n) is 9.67. The van der Waals surface area contributed by atoms with E-state index in [1.807, 2.05) is 20.8 Å². The first-order valence-corrected chi connectivity index (χ1v) is 5.21. The van der Waals surface area contributed by atoms with Gasteiger partial charge in [0, 0.05) is 5.56 Å². The van der Waals surface area contributed by atoms with Crippen LogP contribution in [-0.2, 0) is 5.41 Å². The van der Waals surface area contributed by atoms with Crippen molar-refractivity contribution in [1.82, 2.24) is 0 Å². The van der Waals surface area contributed by atoms with E-state index < -0.39 is 4.92 Å². The van der Waals surface area contributed by atoms with Crippen LogP contribution >= 0.6 is 11.6 Å². The molecule has 0 atom stereocenters. The Bertz CT molecular complexity index is 450. The molecule has 0 unspecified atom stereocenters. The Morgan fingerprint density at radius 1 is 1.44 bits per heavy atom. The normalized spacial score (nSPS) is 11.6. The maximum atomic E-state index is 10.8. The van der Waals surface area contributed by atoms with Crippen LogP contribution in [0.3, 0.4) is 0 Å². The molecular weight excluding hydrogens is 230 g/mol. The molecule has 0 radical (unpaired) electrons. The standard InChI is InChI=1S/C11H14ClNO3/c1-6-7(13(15)16)5-8(14)10(12)9(6)11(2,3)4/h5,14H,1-4H3. The number of nitrogens with zero attached hydrogens (tertiary/aromatic N) is 1. The Morgan fingerprint density at radius 3 is 2.31 bits per heavy atom. The molecule has 0 spiro atoms. The molecule has 1 rings (SSSR count). The van der Waals surface area contributed by atoms with Crippen molar-refractivity contribution in [2.24, 2.45) is 0 Å². The lowest BCUT2D eigenvalue weighted by Gasteiger charge is -2.23. The van der Waals surface area contributed by atoms with Gasteiger partial charge in [0.25, 0.3) is 5.69 Å². The van der Waals surface area contributed by atoms with Crippen LogP contribution in [0.5, 0.6) is 5.75 Å². The lowest BCUT2D eigenvalue weighted by atomic mass is 9.83. The third kappa shape index (κ3) is 2.11. The molecule has 0 saturated carbocycles. The zero-order chi connectivity index (χ0) is 12.7. The van der Waals surface area contributed by atoms with E-state index in [2.05, 4.69) is 0 Å². The number of benzene rings is 1. The van der Waals surface area contributed by atoms with Gasteiger partial charge in [-0.25, -0.2) is 0 Å². The molecule has 0 heterocycles. The summed E-state index contributed by atoms with van der Waals surface area (Å²) in [6, 6.07) is 1.09. The first-order chi connectivity index (χ1) is 7.16. The van der Waals surface area contributed by atoms with Crippen molar-refractivity contribution in [2.75, 3.05) is 0 Å². The van der Waals surface area contributed by atoms with Crippen molar-refractivity contribution < 1.29 is 10.0 Å². The maximum Gasteiger partial charge on any atom is 0.276 e. The number of aromatic hydroxyl groups is 1. The van der Waals surface area contributed by atoms with Crippen molar-refractivity contribution in [3.05, 3.63) is 32.3 Å². The summed E-state index contributed by atoms with van der Waals surface area (Å²) in [6.45, 7) is 7.32. The SMILES string of the molecule is Cc1c([N+](=O)[O-])cc(O)c(Cl)c1C(C)(C)C. The van der Waals surface area contributed by atoms with Gasteiger partial charge in [0.1, 0.15) is 5.75 Å². The highest BCUT2D eigenvalue weighted by Crippen LogP contribution is 2.41. The van der Waals surface area contributed by atoms with Crippen molar-refractivity contribution in [3.63, 3.8) is 0 Å². The molecule has 0 aliphatic rings. The van der Waals surface area contributed by atoms with Crippen LogP contribution in [0.4, 0.5) is 5.69 Å². The lowest BCUT2D eigenvalue weighted by Crippen LogP contribution is -2.15.